The number of hydrogen-bond acceptors (Lipinski definition) is 5. The molecule has 1 fully saturated rings. The number of anilines is 1. The topological polar surface area (TPSA) is 54.5 Å². The number of hydrogen-bond donors (Lipinski definition) is 1. The van der Waals surface area contributed by atoms with Crippen LogP contribution in [-0.4, -0.2) is 42.1 Å². The number of nitrogens with zero attached hydrogens (tertiary/aromatic N) is 2. The van der Waals surface area contributed by atoms with Gasteiger partial charge in [0.2, 0.25) is 0 Å². The molecule has 1 aromatic carbocycles. The van der Waals surface area contributed by atoms with Crippen LogP contribution in [-0.2, 0) is 11.3 Å². The van der Waals surface area contributed by atoms with Crippen LogP contribution in [0.3, 0.4) is 0 Å². The molecule has 8 heteroatoms. The number of nitrogens with one attached hydrogen (secondary N) is 1. The summed E-state index contributed by atoms with van der Waals surface area (Å²) in [6.45, 7) is 3.77. The Kier molecular flexibility index (Phi) is 4.94. The lowest BCUT2D eigenvalue weighted by Crippen LogP contribution is -2.35. The summed E-state index contributed by atoms with van der Waals surface area (Å²) < 4.78 is 31.3. The van der Waals surface area contributed by atoms with Crippen molar-refractivity contribution in [2.45, 2.75) is 6.54 Å². The minimum atomic E-state index is -1.01. The molecule has 1 N–H and O–H groups in total. The van der Waals surface area contributed by atoms with E-state index in [0.717, 1.165) is 30.2 Å². The van der Waals surface area contributed by atoms with Gasteiger partial charge < -0.3 is 10.1 Å². The van der Waals surface area contributed by atoms with Crippen molar-refractivity contribution in [3.8, 4) is 0 Å². The maximum Gasteiger partial charge on any atom is 0.275 e. The Bertz CT molecular complexity index is 702. The highest BCUT2D eigenvalue weighted by Gasteiger charge is 2.16. The molecule has 0 saturated carbocycles. The molecule has 1 saturated heterocycles. The van der Waals surface area contributed by atoms with Gasteiger partial charge in [-0.05, 0) is 12.1 Å². The molecule has 2 heterocycles. The van der Waals surface area contributed by atoms with Gasteiger partial charge >= 0.3 is 0 Å². The van der Waals surface area contributed by atoms with Crippen LogP contribution in [0.2, 0.25) is 0 Å². The molecule has 3 rings (SSSR count). The number of aromatic nitrogens is 1. The number of amides is 1. The predicted octanol–water partition coefficient (Wildman–Crippen LogP) is 2.51. The van der Waals surface area contributed by atoms with Crippen LogP contribution in [0, 0.1) is 11.6 Å². The van der Waals surface area contributed by atoms with Gasteiger partial charge in [-0.1, -0.05) is 0 Å². The average molecular weight is 339 g/mol. The zero-order valence-corrected chi connectivity index (χ0v) is 13.0. The first-order valence-corrected chi connectivity index (χ1v) is 8.01. The first-order valence-electron chi connectivity index (χ1n) is 7.13. The lowest BCUT2D eigenvalue weighted by Gasteiger charge is -2.25. The van der Waals surface area contributed by atoms with Crippen molar-refractivity contribution in [3.05, 3.63) is 45.9 Å². The first-order chi connectivity index (χ1) is 11.1. The smallest absolute Gasteiger partial charge is 0.275 e. The normalized spacial score (nSPS) is 15.6. The number of thiazole rings is 1. The zero-order chi connectivity index (χ0) is 16.2. The fraction of sp³-hybridized carbons (Fsp3) is 0.333. The third-order valence-corrected chi connectivity index (χ3v) is 4.26. The van der Waals surface area contributed by atoms with E-state index in [1.165, 1.54) is 17.4 Å². The molecule has 1 amide bonds. The Labute approximate surface area is 135 Å². The van der Waals surface area contributed by atoms with Crippen LogP contribution in [0.5, 0.6) is 0 Å². The molecular weight excluding hydrogens is 324 g/mol. The number of rotatable bonds is 4. The van der Waals surface area contributed by atoms with Crippen molar-refractivity contribution in [2.24, 2.45) is 0 Å². The maximum absolute atomic E-state index is 13.1. The molecule has 0 atom stereocenters. The molecule has 1 aliphatic rings. The Morgan fingerprint density at radius 1 is 1.30 bits per heavy atom. The van der Waals surface area contributed by atoms with Gasteiger partial charge in [0.1, 0.15) is 10.7 Å². The highest BCUT2D eigenvalue weighted by Crippen LogP contribution is 2.17. The number of morpholine rings is 1. The Morgan fingerprint density at radius 3 is 2.83 bits per heavy atom. The summed E-state index contributed by atoms with van der Waals surface area (Å²) in [6.07, 6.45) is 0. The molecule has 5 nitrogen and oxygen atoms in total. The van der Waals surface area contributed by atoms with E-state index in [1.807, 2.05) is 0 Å². The van der Waals surface area contributed by atoms with Crippen molar-refractivity contribution >= 4 is 22.9 Å². The summed E-state index contributed by atoms with van der Waals surface area (Å²) in [5.74, 6) is -2.40. The van der Waals surface area contributed by atoms with E-state index in [-0.39, 0.29) is 11.4 Å². The highest BCUT2D eigenvalue weighted by atomic mass is 32.1. The van der Waals surface area contributed by atoms with Gasteiger partial charge in [-0.3, -0.25) is 9.69 Å². The molecule has 0 radical (unpaired) electrons. The number of carbonyl (C=O) groups excluding carboxylic acids is 1. The fourth-order valence-electron chi connectivity index (χ4n) is 2.21. The minimum Gasteiger partial charge on any atom is -0.379 e. The van der Waals surface area contributed by atoms with Crippen LogP contribution in [0.25, 0.3) is 0 Å². The van der Waals surface area contributed by atoms with Crippen molar-refractivity contribution in [1.82, 2.24) is 9.88 Å². The van der Waals surface area contributed by atoms with E-state index >= 15 is 0 Å². The zero-order valence-electron chi connectivity index (χ0n) is 12.2. The molecule has 1 aromatic heterocycles. The number of benzene rings is 1. The lowest BCUT2D eigenvalue weighted by molar-refractivity contribution is 0.0341. The monoisotopic (exact) mass is 339 g/mol. The van der Waals surface area contributed by atoms with Crippen LogP contribution in [0.1, 0.15) is 15.5 Å². The van der Waals surface area contributed by atoms with E-state index in [4.69, 9.17) is 4.74 Å². The summed E-state index contributed by atoms with van der Waals surface area (Å²) in [7, 11) is 0. The standard InChI is InChI=1S/C15H15F2N3O2S/c16-11-2-1-10(7-12(11)17)18-15(21)13-9-23-14(19-13)8-20-3-5-22-6-4-20/h1-2,7,9H,3-6,8H2,(H,18,21). The minimum absolute atomic E-state index is 0.191. The lowest BCUT2D eigenvalue weighted by atomic mass is 10.3. The molecule has 0 spiro atoms. The van der Waals surface area contributed by atoms with Gasteiger partial charge in [-0.25, -0.2) is 13.8 Å². The van der Waals surface area contributed by atoms with Crippen molar-refractivity contribution in [3.63, 3.8) is 0 Å². The maximum atomic E-state index is 13.1. The largest absolute Gasteiger partial charge is 0.379 e. The highest BCUT2D eigenvalue weighted by molar-refractivity contribution is 7.09. The number of ether oxygens (including phenoxy) is 1. The molecule has 1 aliphatic heterocycles. The molecule has 0 aliphatic carbocycles. The van der Waals surface area contributed by atoms with Gasteiger partial charge in [-0.15, -0.1) is 11.3 Å². The van der Waals surface area contributed by atoms with Gasteiger partial charge in [0, 0.05) is 30.2 Å². The van der Waals surface area contributed by atoms with E-state index in [2.05, 4.69) is 15.2 Å². The molecule has 122 valence electrons. The molecule has 2 aromatic rings. The second-order valence-electron chi connectivity index (χ2n) is 5.10. The van der Waals surface area contributed by atoms with Gasteiger partial charge in [0.25, 0.3) is 5.91 Å². The van der Waals surface area contributed by atoms with Crippen molar-refractivity contribution in [2.75, 3.05) is 31.6 Å². The van der Waals surface area contributed by atoms with Crippen LogP contribution < -0.4 is 5.32 Å². The van der Waals surface area contributed by atoms with Crippen LogP contribution >= 0.6 is 11.3 Å². The quantitative estimate of drug-likeness (QED) is 0.930. The summed E-state index contributed by atoms with van der Waals surface area (Å²) in [5, 5.41) is 5.00. The number of halogens is 2. The van der Waals surface area contributed by atoms with Crippen LogP contribution in [0.15, 0.2) is 23.6 Å². The van der Waals surface area contributed by atoms with E-state index in [9.17, 15) is 13.6 Å². The average Bonchev–Trinajstić information content (AvgIpc) is 3.00. The Hall–Kier alpha value is -1.90. The van der Waals surface area contributed by atoms with Gasteiger partial charge in [0.15, 0.2) is 11.6 Å². The third-order valence-electron chi connectivity index (χ3n) is 3.42. The van der Waals surface area contributed by atoms with E-state index in [0.29, 0.717) is 19.8 Å². The summed E-state index contributed by atoms with van der Waals surface area (Å²) in [6, 6.07) is 3.21. The van der Waals surface area contributed by atoms with Crippen molar-refractivity contribution < 1.29 is 18.3 Å². The van der Waals surface area contributed by atoms with Gasteiger partial charge in [-0.2, -0.15) is 0 Å². The SMILES string of the molecule is O=C(Nc1ccc(F)c(F)c1)c1csc(CN2CCOCC2)n1. The number of carbonyl (C=O) groups is 1. The third kappa shape index (κ3) is 4.10. The summed E-state index contributed by atoms with van der Waals surface area (Å²) >= 11 is 1.40. The second kappa shape index (κ2) is 7.12. The molecule has 0 unspecified atom stereocenters. The molecule has 0 bridgehead atoms. The summed E-state index contributed by atoms with van der Waals surface area (Å²) in [4.78, 5) is 18.6. The van der Waals surface area contributed by atoms with Crippen LogP contribution in [0.4, 0.5) is 14.5 Å². The van der Waals surface area contributed by atoms with E-state index < -0.39 is 17.5 Å². The van der Waals surface area contributed by atoms with Crippen molar-refractivity contribution in [1.29, 1.82) is 0 Å². The predicted molar refractivity (Wildman–Crippen MR) is 82.5 cm³/mol. The molecule has 23 heavy (non-hydrogen) atoms. The fourth-order valence-corrected chi connectivity index (χ4v) is 3.02. The Balaban J connectivity index is 1.62. The summed E-state index contributed by atoms with van der Waals surface area (Å²) in [5.41, 5.74) is 0.458. The first kappa shape index (κ1) is 16.0. The van der Waals surface area contributed by atoms with Gasteiger partial charge in [0.05, 0.1) is 19.8 Å². The second-order valence-corrected chi connectivity index (χ2v) is 6.04. The Morgan fingerprint density at radius 2 is 2.09 bits per heavy atom. The van der Waals surface area contributed by atoms with E-state index in [1.54, 1.807) is 5.38 Å². The molecular formula is C15H15F2N3O2S.